The largest absolute Gasteiger partial charge is 0.467 e. The third-order valence-electron chi connectivity index (χ3n) is 3.67. The number of Topliss-reactive ketones (excluding diaryl/α,β-unsaturated/α-hetero) is 1. The van der Waals surface area contributed by atoms with Crippen LogP contribution in [0.15, 0.2) is 58.1 Å². The first kappa shape index (κ1) is 12.9. The molecular weight excluding hydrogens is 250 g/mol. The van der Waals surface area contributed by atoms with Crippen LogP contribution in [-0.4, -0.2) is 11.5 Å². The van der Waals surface area contributed by atoms with E-state index in [1.807, 2.05) is 30.3 Å². The summed E-state index contributed by atoms with van der Waals surface area (Å²) >= 11 is 0. The van der Waals surface area contributed by atoms with E-state index in [0.717, 1.165) is 17.9 Å². The zero-order valence-corrected chi connectivity index (χ0v) is 11.3. The molecule has 1 aliphatic carbocycles. The molecule has 3 rings (SSSR count). The molecule has 20 heavy (non-hydrogen) atoms. The molecule has 0 amide bonds. The highest BCUT2D eigenvalue weighted by Gasteiger charge is 2.25. The molecule has 0 aliphatic heterocycles. The van der Waals surface area contributed by atoms with Crippen LogP contribution in [0.5, 0.6) is 0 Å². The summed E-state index contributed by atoms with van der Waals surface area (Å²) in [6.45, 7) is 0.525. The molecule has 1 aliphatic rings. The van der Waals surface area contributed by atoms with E-state index in [4.69, 9.17) is 4.42 Å². The fourth-order valence-electron chi connectivity index (χ4n) is 2.68. The van der Waals surface area contributed by atoms with Crippen molar-refractivity contribution in [2.75, 3.05) is 0 Å². The molecule has 3 heteroatoms. The first-order valence-corrected chi connectivity index (χ1v) is 6.92. The molecular formula is C17H17NO2. The van der Waals surface area contributed by atoms with Gasteiger partial charge in [0.15, 0.2) is 0 Å². The van der Waals surface area contributed by atoms with Crippen molar-refractivity contribution in [2.45, 2.75) is 31.7 Å². The second-order valence-electron chi connectivity index (χ2n) is 5.19. The minimum Gasteiger partial charge on any atom is -0.467 e. The number of nitrogens with zero attached hydrogens (tertiary/aromatic N) is 1. The highest BCUT2D eigenvalue weighted by molar-refractivity contribution is 6.04. The molecule has 1 aromatic carbocycles. The first-order valence-electron chi connectivity index (χ1n) is 6.92. The maximum Gasteiger partial charge on any atom is 0.139 e. The van der Waals surface area contributed by atoms with Crippen molar-refractivity contribution >= 4 is 11.5 Å². The Bertz CT molecular complexity index is 599. The molecule has 0 radical (unpaired) electrons. The van der Waals surface area contributed by atoms with Crippen LogP contribution in [0.1, 0.15) is 36.5 Å². The summed E-state index contributed by atoms with van der Waals surface area (Å²) in [5.41, 5.74) is 2.22. The summed E-state index contributed by atoms with van der Waals surface area (Å²) in [5.74, 6) is 1.39. The minimum absolute atomic E-state index is 0.271. The lowest BCUT2D eigenvalue weighted by Gasteiger charge is -2.22. The maximum absolute atomic E-state index is 11.9. The summed E-state index contributed by atoms with van der Waals surface area (Å²) < 4.78 is 5.27. The van der Waals surface area contributed by atoms with E-state index in [9.17, 15) is 4.79 Å². The monoisotopic (exact) mass is 267 g/mol. The third-order valence-corrected chi connectivity index (χ3v) is 3.67. The zero-order chi connectivity index (χ0) is 13.8. The molecule has 0 spiro atoms. The number of benzene rings is 1. The van der Waals surface area contributed by atoms with Crippen molar-refractivity contribution in [1.82, 2.24) is 0 Å². The minimum atomic E-state index is 0.271. The number of furan rings is 1. The Balaban J connectivity index is 1.73. The second-order valence-corrected chi connectivity index (χ2v) is 5.19. The normalized spacial score (nSPS) is 21.3. The Labute approximate surface area is 118 Å². The summed E-state index contributed by atoms with van der Waals surface area (Å²) in [5, 5.41) is 0. The number of aliphatic imine (C=N–C) groups is 1. The van der Waals surface area contributed by atoms with Crippen LogP contribution in [0.4, 0.5) is 0 Å². The Morgan fingerprint density at radius 1 is 1.10 bits per heavy atom. The Morgan fingerprint density at radius 3 is 2.70 bits per heavy atom. The van der Waals surface area contributed by atoms with Crippen LogP contribution in [0.25, 0.3) is 0 Å². The van der Waals surface area contributed by atoms with E-state index in [1.165, 1.54) is 5.56 Å². The van der Waals surface area contributed by atoms with Gasteiger partial charge in [-0.1, -0.05) is 30.3 Å². The standard InChI is InChI=1S/C17H17NO2/c19-16-10-14(13-5-2-1-3-6-13)9-15(11-16)18-12-17-7-4-8-20-17/h1-8,14H,9-12H2/t14-/m1/s1. The van der Waals surface area contributed by atoms with Crippen LogP contribution >= 0.6 is 0 Å². The average Bonchev–Trinajstić information content (AvgIpc) is 2.99. The summed E-state index contributed by atoms with van der Waals surface area (Å²) in [6, 6.07) is 14.0. The zero-order valence-electron chi connectivity index (χ0n) is 11.3. The van der Waals surface area contributed by atoms with Crippen molar-refractivity contribution < 1.29 is 9.21 Å². The summed E-state index contributed by atoms with van der Waals surface area (Å²) in [7, 11) is 0. The van der Waals surface area contributed by atoms with Crippen molar-refractivity contribution in [3.05, 3.63) is 60.1 Å². The van der Waals surface area contributed by atoms with Gasteiger partial charge in [0, 0.05) is 18.6 Å². The highest BCUT2D eigenvalue weighted by Crippen LogP contribution is 2.29. The Kier molecular flexibility index (Phi) is 3.77. The maximum atomic E-state index is 11.9. The second kappa shape index (κ2) is 5.87. The molecule has 1 saturated carbocycles. The summed E-state index contributed by atoms with van der Waals surface area (Å²) in [6.07, 6.45) is 3.64. The molecule has 2 aromatic rings. The predicted octanol–water partition coefficient (Wildman–Crippen LogP) is 3.76. The Hall–Kier alpha value is -2.16. The van der Waals surface area contributed by atoms with Gasteiger partial charge in [0.1, 0.15) is 11.5 Å². The fourth-order valence-corrected chi connectivity index (χ4v) is 2.68. The van der Waals surface area contributed by atoms with Gasteiger partial charge in [-0.3, -0.25) is 9.79 Å². The van der Waals surface area contributed by atoms with Crippen LogP contribution in [-0.2, 0) is 11.3 Å². The van der Waals surface area contributed by atoms with Gasteiger partial charge in [-0.2, -0.15) is 0 Å². The van der Waals surface area contributed by atoms with Crippen molar-refractivity contribution in [3.8, 4) is 0 Å². The number of ketones is 1. The summed E-state index contributed by atoms with van der Waals surface area (Å²) in [4.78, 5) is 16.5. The first-order chi connectivity index (χ1) is 9.81. The number of rotatable bonds is 3. The predicted molar refractivity (Wildman–Crippen MR) is 77.9 cm³/mol. The average molecular weight is 267 g/mol. The van der Waals surface area contributed by atoms with Gasteiger partial charge in [0.05, 0.1) is 12.8 Å². The van der Waals surface area contributed by atoms with Crippen molar-refractivity contribution in [1.29, 1.82) is 0 Å². The van der Waals surface area contributed by atoms with Crippen LogP contribution < -0.4 is 0 Å². The molecule has 1 atom stereocenters. The topological polar surface area (TPSA) is 42.6 Å². The number of carbonyl (C=O) groups excluding carboxylic acids is 1. The van der Waals surface area contributed by atoms with Gasteiger partial charge in [-0.25, -0.2) is 0 Å². The number of hydrogen-bond acceptors (Lipinski definition) is 3. The van der Waals surface area contributed by atoms with E-state index in [2.05, 4.69) is 17.1 Å². The lowest BCUT2D eigenvalue weighted by atomic mass is 9.82. The molecule has 0 bridgehead atoms. The molecule has 1 aromatic heterocycles. The van der Waals surface area contributed by atoms with Crippen LogP contribution in [0.3, 0.4) is 0 Å². The van der Waals surface area contributed by atoms with E-state index in [-0.39, 0.29) is 11.7 Å². The number of carbonyl (C=O) groups is 1. The highest BCUT2D eigenvalue weighted by atomic mass is 16.3. The SMILES string of the molecule is O=C1CC(=NCc2ccco2)C[C@@H](c2ccccc2)C1. The van der Waals surface area contributed by atoms with E-state index >= 15 is 0 Å². The lowest BCUT2D eigenvalue weighted by Crippen LogP contribution is -2.21. The van der Waals surface area contributed by atoms with Gasteiger partial charge in [-0.15, -0.1) is 0 Å². The van der Waals surface area contributed by atoms with Gasteiger partial charge in [-0.05, 0) is 30.0 Å². The fraction of sp³-hybridized carbons (Fsp3) is 0.294. The van der Waals surface area contributed by atoms with Crippen LogP contribution in [0.2, 0.25) is 0 Å². The van der Waals surface area contributed by atoms with E-state index < -0.39 is 0 Å². The molecule has 3 nitrogen and oxygen atoms in total. The molecule has 1 heterocycles. The third kappa shape index (κ3) is 3.05. The van der Waals surface area contributed by atoms with E-state index in [1.54, 1.807) is 6.26 Å². The van der Waals surface area contributed by atoms with Crippen molar-refractivity contribution in [3.63, 3.8) is 0 Å². The van der Waals surface area contributed by atoms with E-state index in [0.29, 0.717) is 19.4 Å². The van der Waals surface area contributed by atoms with Gasteiger partial charge < -0.3 is 4.42 Å². The quantitative estimate of drug-likeness (QED) is 0.849. The smallest absolute Gasteiger partial charge is 0.139 e. The lowest BCUT2D eigenvalue weighted by molar-refractivity contribution is -0.118. The Morgan fingerprint density at radius 2 is 1.95 bits per heavy atom. The van der Waals surface area contributed by atoms with Gasteiger partial charge in [0.2, 0.25) is 0 Å². The molecule has 0 N–H and O–H groups in total. The number of hydrogen-bond donors (Lipinski definition) is 0. The van der Waals surface area contributed by atoms with Gasteiger partial charge in [0.25, 0.3) is 0 Å². The molecule has 0 unspecified atom stereocenters. The molecule has 1 fully saturated rings. The van der Waals surface area contributed by atoms with Crippen molar-refractivity contribution in [2.24, 2.45) is 4.99 Å². The van der Waals surface area contributed by atoms with Gasteiger partial charge >= 0.3 is 0 Å². The molecule has 0 saturated heterocycles. The molecule has 102 valence electrons. The van der Waals surface area contributed by atoms with Crippen LogP contribution in [0, 0.1) is 0 Å².